The Labute approximate surface area is 202 Å². The van der Waals surface area contributed by atoms with Crippen LogP contribution in [-0.4, -0.2) is 18.4 Å². The second-order valence-electron chi connectivity index (χ2n) is 9.20. The van der Waals surface area contributed by atoms with Gasteiger partial charge in [-0.25, -0.2) is 4.79 Å². The van der Waals surface area contributed by atoms with Crippen LogP contribution in [0, 0.1) is 5.41 Å². The first-order valence-corrected chi connectivity index (χ1v) is 11.9. The highest BCUT2D eigenvalue weighted by molar-refractivity contribution is 9.10. The van der Waals surface area contributed by atoms with Gasteiger partial charge < -0.3 is 19.2 Å². The van der Waals surface area contributed by atoms with Gasteiger partial charge in [0.2, 0.25) is 0 Å². The van der Waals surface area contributed by atoms with Crippen molar-refractivity contribution < 1.29 is 23.5 Å². The molecule has 33 heavy (non-hydrogen) atoms. The Balaban J connectivity index is 1.68. The molecule has 0 unspecified atom stereocenters. The quantitative estimate of drug-likeness (QED) is 0.492. The minimum atomic E-state index is -0.608. The van der Waals surface area contributed by atoms with E-state index in [4.69, 9.17) is 13.9 Å². The summed E-state index contributed by atoms with van der Waals surface area (Å²) >= 11 is 3.43. The third-order valence-electron chi connectivity index (χ3n) is 5.88. The molecule has 0 fully saturated rings. The van der Waals surface area contributed by atoms with Gasteiger partial charge in [0, 0.05) is 27.9 Å². The normalized spacial score (nSPS) is 19.8. The topological polar surface area (TPSA) is 77.8 Å². The number of allylic oxidation sites excluding steroid dienone is 3. The number of halogens is 1. The van der Waals surface area contributed by atoms with Gasteiger partial charge in [-0.3, -0.25) is 4.79 Å². The van der Waals surface area contributed by atoms with Gasteiger partial charge in [0.1, 0.15) is 23.9 Å². The van der Waals surface area contributed by atoms with Gasteiger partial charge in [-0.15, -0.1) is 0 Å². The van der Waals surface area contributed by atoms with E-state index in [-0.39, 0.29) is 24.4 Å². The van der Waals surface area contributed by atoms with Gasteiger partial charge in [0.15, 0.2) is 5.78 Å². The molecule has 0 saturated carbocycles. The molecule has 2 heterocycles. The summed E-state index contributed by atoms with van der Waals surface area (Å²) in [6, 6.07) is 11.2. The maximum Gasteiger partial charge on any atom is 0.336 e. The van der Waals surface area contributed by atoms with E-state index in [0.29, 0.717) is 40.5 Å². The van der Waals surface area contributed by atoms with Crippen LogP contribution < -0.4 is 10.1 Å². The van der Waals surface area contributed by atoms with Crippen molar-refractivity contribution in [3.05, 3.63) is 74.9 Å². The third-order valence-corrected chi connectivity index (χ3v) is 6.37. The van der Waals surface area contributed by atoms with Crippen LogP contribution in [0.5, 0.6) is 5.75 Å². The number of carbonyl (C=O) groups is 2. The fraction of sp³-hybridized carbons (Fsp3) is 0.385. The number of ether oxygens (including phenoxy) is 2. The largest absolute Gasteiger partial charge is 0.486 e. The minimum Gasteiger partial charge on any atom is -0.486 e. The highest BCUT2D eigenvalue weighted by Gasteiger charge is 2.44. The third kappa shape index (κ3) is 4.93. The van der Waals surface area contributed by atoms with Gasteiger partial charge in [0.25, 0.3) is 0 Å². The van der Waals surface area contributed by atoms with E-state index in [1.54, 1.807) is 6.92 Å². The molecule has 0 radical (unpaired) electrons. The molecule has 1 aromatic heterocycles. The zero-order valence-corrected chi connectivity index (χ0v) is 20.9. The van der Waals surface area contributed by atoms with Crippen molar-refractivity contribution in [2.75, 3.05) is 6.61 Å². The van der Waals surface area contributed by atoms with Crippen LogP contribution in [0.4, 0.5) is 0 Å². The zero-order chi connectivity index (χ0) is 23.8. The van der Waals surface area contributed by atoms with Crippen LogP contribution in [0.3, 0.4) is 0 Å². The molecule has 0 bridgehead atoms. The molecule has 0 amide bonds. The molecule has 1 aliphatic carbocycles. The number of benzene rings is 1. The predicted molar refractivity (Wildman–Crippen MR) is 127 cm³/mol. The molecular formula is C26H28BrNO5. The molecule has 7 heteroatoms. The van der Waals surface area contributed by atoms with E-state index in [2.05, 4.69) is 35.1 Å². The zero-order valence-electron chi connectivity index (χ0n) is 19.3. The Hall–Kier alpha value is -2.80. The van der Waals surface area contributed by atoms with E-state index in [9.17, 15) is 9.59 Å². The molecule has 4 rings (SSSR count). The Morgan fingerprint density at radius 1 is 1.24 bits per heavy atom. The predicted octanol–water partition coefficient (Wildman–Crippen LogP) is 5.79. The maximum atomic E-state index is 13.3. The molecule has 1 atom stereocenters. The molecule has 1 aromatic carbocycles. The first kappa shape index (κ1) is 23.4. The van der Waals surface area contributed by atoms with Crippen molar-refractivity contribution >= 4 is 27.7 Å². The van der Waals surface area contributed by atoms with Crippen LogP contribution in [-0.2, 0) is 20.9 Å². The van der Waals surface area contributed by atoms with Crippen molar-refractivity contribution in [1.29, 1.82) is 0 Å². The Kier molecular flexibility index (Phi) is 6.52. The lowest BCUT2D eigenvalue weighted by molar-refractivity contribution is -0.138. The summed E-state index contributed by atoms with van der Waals surface area (Å²) in [6.45, 7) is 8.24. The number of nitrogens with one attached hydrogen (secondary N) is 1. The number of rotatable bonds is 6. The number of hydrogen-bond donors (Lipinski definition) is 1. The first-order valence-electron chi connectivity index (χ1n) is 11.1. The van der Waals surface area contributed by atoms with Gasteiger partial charge in [-0.1, -0.05) is 35.8 Å². The standard InChI is InChI=1S/C26H28BrNO5/c1-5-31-25(30)22-15(2)28-19-12-26(3,4)13-20(29)23(19)24(22)21-10-9-18(33-21)14-32-17-8-6-7-16(27)11-17/h6-11,24,28H,5,12-14H2,1-4H3/t24-/m1/s1. The van der Waals surface area contributed by atoms with E-state index < -0.39 is 11.9 Å². The van der Waals surface area contributed by atoms with Crippen molar-refractivity contribution in [1.82, 2.24) is 5.32 Å². The minimum absolute atomic E-state index is 0.0244. The van der Waals surface area contributed by atoms with E-state index in [0.717, 1.165) is 16.6 Å². The Morgan fingerprint density at radius 3 is 2.76 bits per heavy atom. The van der Waals surface area contributed by atoms with Crippen LogP contribution in [0.2, 0.25) is 0 Å². The molecule has 6 nitrogen and oxygen atoms in total. The smallest absolute Gasteiger partial charge is 0.336 e. The molecule has 0 saturated heterocycles. The summed E-state index contributed by atoms with van der Waals surface area (Å²) in [4.78, 5) is 26.2. The molecular weight excluding hydrogens is 486 g/mol. The van der Waals surface area contributed by atoms with Gasteiger partial charge in [0.05, 0.1) is 18.1 Å². The van der Waals surface area contributed by atoms with E-state index in [1.807, 2.05) is 43.3 Å². The maximum absolute atomic E-state index is 13.3. The van der Waals surface area contributed by atoms with E-state index in [1.165, 1.54) is 0 Å². The number of hydrogen-bond acceptors (Lipinski definition) is 6. The van der Waals surface area contributed by atoms with Crippen LogP contribution in [0.25, 0.3) is 0 Å². The van der Waals surface area contributed by atoms with Crippen LogP contribution >= 0.6 is 15.9 Å². The summed E-state index contributed by atoms with van der Waals surface area (Å²) in [5.41, 5.74) is 2.40. The molecule has 1 N–H and O–H groups in total. The molecule has 2 aliphatic rings. The van der Waals surface area contributed by atoms with Gasteiger partial charge >= 0.3 is 5.97 Å². The second kappa shape index (κ2) is 9.21. The summed E-state index contributed by atoms with van der Waals surface area (Å²) in [7, 11) is 0. The number of Topliss-reactive ketones (excluding diaryl/α,β-unsaturated/α-hetero) is 1. The average molecular weight is 514 g/mol. The number of esters is 1. The Bertz CT molecular complexity index is 1160. The highest BCUT2D eigenvalue weighted by Crippen LogP contribution is 2.47. The molecule has 174 valence electrons. The first-order chi connectivity index (χ1) is 15.7. The number of furan rings is 1. The summed E-state index contributed by atoms with van der Waals surface area (Å²) in [5.74, 6) is 0.823. The molecule has 2 aromatic rings. The van der Waals surface area contributed by atoms with Gasteiger partial charge in [-0.2, -0.15) is 0 Å². The Morgan fingerprint density at radius 2 is 2.03 bits per heavy atom. The summed E-state index contributed by atoms with van der Waals surface area (Å²) < 4.78 is 18.2. The summed E-state index contributed by atoms with van der Waals surface area (Å²) in [6.07, 6.45) is 1.14. The number of ketones is 1. The van der Waals surface area contributed by atoms with Crippen LogP contribution in [0.1, 0.15) is 58.0 Å². The van der Waals surface area contributed by atoms with Crippen molar-refractivity contribution in [3.8, 4) is 5.75 Å². The molecule has 0 spiro atoms. The van der Waals surface area contributed by atoms with Crippen LogP contribution in [0.15, 0.2) is 67.8 Å². The van der Waals surface area contributed by atoms with Gasteiger partial charge in [-0.05, 0) is 56.0 Å². The number of carbonyl (C=O) groups excluding carboxylic acids is 2. The van der Waals surface area contributed by atoms with Crippen molar-refractivity contribution in [2.45, 2.75) is 53.1 Å². The van der Waals surface area contributed by atoms with Crippen molar-refractivity contribution in [2.24, 2.45) is 5.41 Å². The SMILES string of the molecule is CCOC(=O)C1=C(C)NC2=C(C(=O)CC(C)(C)C2)[C@@H]1c1ccc(COc2cccc(Br)c2)o1. The van der Waals surface area contributed by atoms with Crippen molar-refractivity contribution in [3.63, 3.8) is 0 Å². The monoisotopic (exact) mass is 513 g/mol. The lowest BCUT2D eigenvalue weighted by Crippen LogP contribution is -2.38. The summed E-state index contributed by atoms with van der Waals surface area (Å²) in [5, 5.41) is 3.32. The van der Waals surface area contributed by atoms with E-state index >= 15 is 0 Å². The second-order valence-corrected chi connectivity index (χ2v) is 10.1. The lowest BCUT2D eigenvalue weighted by atomic mass is 9.69. The molecule has 1 aliphatic heterocycles. The fourth-order valence-electron chi connectivity index (χ4n) is 4.54. The fourth-order valence-corrected chi connectivity index (χ4v) is 4.92. The highest BCUT2D eigenvalue weighted by atomic mass is 79.9. The lowest BCUT2D eigenvalue weighted by Gasteiger charge is -2.38. The number of dihydropyridines is 1. The average Bonchev–Trinajstić information content (AvgIpc) is 3.19.